The van der Waals surface area contributed by atoms with E-state index < -0.39 is 10.0 Å². The van der Waals surface area contributed by atoms with Gasteiger partial charge in [0.05, 0.1) is 17.1 Å². The van der Waals surface area contributed by atoms with E-state index in [0.29, 0.717) is 11.4 Å². The molecule has 112 valence electrons. The van der Waals surface area contributed by atoms with E-state index in [-0.39, 0.29) is 17.3 Å². The molecule has 2 N–H and O–H groups in total. The molecule has 0 radical (unpaired) electrons. The number of anilines is 1. The lowest BCUT2D eigenvalue weighted by molar-refractivity contribution is -0.114. The molecule has 0 atom stereocenters. The van der Waals surface area contributed by atoms with E-state index in [4.69, 9.17) is 0 Å². The number of sulfonamides is 1. The minimum atomic E-state index is -3.61. The van der Waals surface area contributed by atoms with Crippen LogP contribution < -0.4 is 10.0 Å². The number of aryl methyl sites for hydroxylation is 1. The van der Waals surface area contributed by atoms with Gasteiger partial charge in [0.25, 0.3) is 0 Å². The Kier molecular flexibility index (Phi) is 4.39. The molecule has 2 aromatic rings. The molecule has 0 aliphatic carbocycles. The number of carbonyl (C=O) groups excluding carboxylic acids is 1. The van der Waals surface area contributed by atoms with E-state index >= 15 is 0 Å². The molecule has 21 heavy (non-hydrogen) atoms. The third-order valence-corrected chi connectivity index (χ3v) is 4.11. The highest BCUT2D eigenvalue weighted by Crippen LogP contribution is 2.14. The molecule has 0 aliphatic rings. The summed E-state index contributed by atoms with van der Waals surface area (Å²) in [5.41, 5.74) is 1.18. The highest BCUT2D eigenvalue weighted by Gasteiger charge is 2.14. The van der Waals surface area contributed by atoms with Crippen molar-refractivity contribution >= 4 is 21.6 Å². The van der Waals surface area contributed by atoms with Gasteiger partial charge in [-0.15, -0.1) is 0 Å². The molecule has 0 unspecified atom stereocenters. The van der Waals surface area contributed by atoms with Gasteiger partial charge in [-0.1, -0.05) is 0 Å². The van der Waals surface area contributed by atoms with E-state index in [1.165, 1.54) is 31.2 Å². The highest BCUT2D eigenvalue weighted by atomic mass is 32.2. The molecular formula is C13H16N4O3S. The van der Waals surface area contributed by atoms with Crippen molar-refractivity contribution in [3.63, 3.8) is 0 Å². The van der Waals surface area contributed by atoms with Crippen molar-refractivity contribution in [2.75, 3.05) is 5.32 Å². The predicted molar refractivity (Wildman–Crippen MR) is 78.0 cm³/mol. The number of nitrogens with zero attached hydrogens (tertiary/aromatic N) is 2. The minimum absolute atomic E-state index is 0.122. The first-order chi connectivity index (χ1) is 9.87. The Morgan fingerprint density at radius 2 is 1.90 bits per heavy atom. The minimum Gasteiger partial charge on any atom is -0.326 e. The molecule has 7 nitrogen and oxygen atoms in total. The second-order valence-electron chi connectivity index (χ2n) is 4.51. The van der Waals surface area contributed by atoms with Gasteiger partial charge in [-0.25, -0.2) is 13.1 Å². The van der Waals surface area contributed by atoms with Gasteiger partial charge >= 0.3 is 0 Å². The zero-order chi connectivity index (χ0) is 15.5. The molecule has 0 spiro atoms. The van der Waals surface area contributed by atoms with Crippen molar-refractivity contribution in [1.29, 1.82) is 0 Å². The van der Waals surface area contributed by atoms with Crippen LogP contribution in [0.3, 0.4) is 0 Å². The molecule has 0 saturated heterocycles. The lowest BCUT2D eigenvalue weighted by Gasteiger charge is -2.07. The van der Waals surface area contributed by atoms with Crippen LogP contribution in [0.5, 0.6) is 0 Å². The van der Waals surface area contributed by atoms with Crippen molar-refractivity contribution in [1.82, 2.24) is 14.5 Å². The second-order valence-corrected chi connectivity index (χ2v) is 6.28. The summed E-state index contributed by atoms with van der Waals surface area (Å²) < 4.78 is 28.3. The Bertz CT molecular complexity index is 735. The van der Waals surface area contributed by atoms with Gasteiger partial charge in [0.15, 0.2) is 0 Å². The van der Waals surface area contributed by atoms with Gasteiger partial charge in [0.2, 0.25) is 15.9 Å². The van der Waals surface area contributed by atoms with Crippen LogP contribution in [0.15, 0.2) is 41.4 Å². The molecule has 2 rings (SSSR count). The second kappa shape index (κ2) is 6.06. The fourth-order valence-electron chi connectivity index (χ4n) is 1.73. The Balaban J connectivity index is 2.06. The number of hydrogen-bond donors (Lipinski definition) is 2. The molecule has 1 heterocycles. The predicted octanol–water partition coefficient (Wildman–Crippen LogP) is 0.857. The van der Waals surface area contributed by atoms with Crippen LogP contribution in [0.25, 0.3) is 0 Å². The van der Waals surface area contributed by atoms with Gasteiger partial charge in [-0.05, 0) is 30.3 Å². The maximum absolute atomic E-state index is 12.1. The highest BCUT2D eigenvalue weighted by molar-refractivity contribution is 7.89. The first kappa shape index (κ1) is 15.2. The Morgan fingerprint density at radius 1 is 1.24 bits per heavy atom. The molecule has 0 bridgehead atoms. The fourth-order valence-corrected chi connectivity index (χ4v) is 2.73. The Morgan fingerprint density at radius 3 is 2.43 bits per heavy atom. The van der Waals surface area contributed by atoms with E-state index in [9.17, 15) is 13.2 Å². The maximum atomic E-state index is 12.1. The van der Waals surface area contributed by atoms with Crippen LogP contribution in [-0.2, 0) is 28.4 Å². The van der Waals surface area contributed by atoms with Crippen molar-refractivity contribution < 1.29 is 13.2 Å². The van der Waals surface area contributed by atoms with Gasteiger partial charge in [-0.3, -0.25) is 9.48 Å². The van der Waals surface area contributed by atoms with Crippen molar-refractivity contribution in [2.45, 2.75) is 18.4 Å². The third kappa shape index (κ3) is 4.14. The maximum Gasteiger partial charge on any atom is 0.240 e. The Labute approximate surface area is 123 Å². The largest absolute Gasteiger partial charge is 0.326 e. The van der Waals surface area contributed by atoms with Gasteiger partial charge in [0.1, 0.15) is 0 Å². The first-order valence-electron chi connectivity index (χ1n) is 6.23. The molecule has 1 aromatic heterocycles. The lowest BCUT2D eigenvalue weighted by atomic mass is 10.3. The summed E-state index contributed by atoms with van der Waals surface area (Å²) in [4.78, 5) is 11.0. The van der Waals surface area contributed by atoms with Gasteiger partial charge in [0, 0.05) is 25.9 Å². The first-order valence-corrected chi connectivity index (χ1v) is 7.71. The number of benzene rings is 1. The average molecular weight is 308 g/mol. The molecule has 1 aromatic carbocycles. The smallest absolute Gasteiger partial charge is 0.240 e. The number of amides is 1. The normalized spacial score (nSPS) is 11.3. The molecular weight excluding hydrogens is 292 g/mol. The molecule has 0 aliphatic heterocycles. The van der Waals surface area contributed by atoms with Crippen molar-refractivity contribution in [3.05, 3.63) is 42.2 Å². The van der Waals surface area contributed by atoms with E-state index in [1.54, 1.807) is 24.0 Å². The average Bonchev–Trinajstić information content (AvgIpc) is 2.82. The van der Waals surface area contributed by atoms with E-state index in [0.717, 1.165) is 0 Å². The SMILES string of the molecule is CC(=O)Nc1ccc(S(=O)(=O)NCc2ccn(C)n2)cc1. The molecule has 0 saturated carbocycles. The quantitative estimate of drug-likeness (QED) is 0.856. The molecule has 8 heteroatoms. The van der Waals surface area contributed by atoms with Crippen LogP contribution in [0.2, 0.25) is 0 Å². The van der Waals surface area contributed by atoms with Gasteiger partial charge in [-0.2, -0.15) is 5.10 Å². The standard InChI is InChI=1S/C13H16N4O3S/c1-10(18)15-11-3-5-13(6-4-11)21(19,20)14-9-12-7-8-17(2)16-12/h3-8,14H,9H2,1-2H3,(H,15,18). The van der Waals surface area contributed by atoms with Crippen molar-refractivity contribution in [3.8, 4) is 0 Å². The lowest BCUT2D eigenvalue weighted by Crippen LogP contribution is -2.23. The molecule has 1 amide bonds. The summed E-state index contributed by atoms with van der Waals surface area (Å²) in [5.74, 6) is -0.209. The summed E-state index contributed by atoms with van der Waals surface area (Å²) in [6.45, 7) is 1.51. The monoisotopic (exact) mass is 308 g/mol. The molecule has 0 fully saturated rings. The number of rotatable bonds is 5. The topological polar surface area (TPSA) is 93.1 Å². The summed E-state index contributed by atoms with van der Waals surface area (Å²) >= 11 is 0. The number of carbonyl (C=O) groups is 1. The number of nitrogens with one attached hydrogen (secondary N) is 2. The van der Waals surface area contributed by atoms with Crippen LogP contribution >= 0.6 is 0 Å². The Hall–Kier alpha value is -2.19. The summed E-state index contributed by atoms with van der Waals surface area (Å²) in [6.07, 6.45) is 1.74. The van der Waals surface area contributed by atoms with E-state index in [1.807, 2.05) is 0 Å². The zero-order valence-electron chi connectivity index (χ0n) is 11.7. The fraction of sp³-hybridized carbons (Fsp3) is 0.231. The third-order valence-electron chi connectivity index (χ3n) is 2.70. The summed E-state index contributed by atoms with van der Waals surface area (Å²) in [5, 5.41) is 6.67. The van der Waals surface area contributed by atoms with Crippen LogP contribution in [0.1, 0.15) is 12.6 Å². The van der Waals surface area contributed by atoms with Gasteiger partial charge < -0.3 is 5.32 Å². The summed E-state index contributed by atoms with van der Waals surface area (Å²) in [6, 6.07) is 7.69. The zero-order valence-corrected chi connectivity index (χ0v) is 12.5. The number of hydrogen-bond acceptors (Lipinski definition) is 4. The van der Waals surface area contributed by atoms with Crippen LogP contribution in [-0.4, -0.2) is 24.1 Å². The van der Waals surface area contributed by atoms with Crippen molar-refractivity contribution in [2.24, 2.45) is 7.05 Å². The van der Waals surface area contributed by atoms with Crippen LogP contribution in [0, 0.1) is 0 Å². The summed E-state index contributed by atoms with van der Waals surface area (Å²) in [7, 11) is -1.84. The van der Waals surface area contributed by atoms with Crippen LogP contribution in [0.4, 0.5) is 5.69 Å². The number of aromatic nitrogens is 2. The van der Waals surface area contributed by atoms with E-state index in [2.05, 4.69) is 15.1 Å².